The van der Waals surface area contributed by atoms with Gasteiger partial charge in [0.1, 0.15) is 0 Å². The van der Waals surface area contributed by atoms with Gasteiger partial charge in [0.05, 0.1) is 17.1 Å². The highest BCUT2D eigenvalue weighted by molar-refractivity contribution is 5.11. The summed E-state index contributed by atoms with van der Waals surface area (Å²) in [4.78, 5) is 7.55. The third-order valence-corrected chi connectivity index (χ3v) is 1.18. The fourth-order valence-electron chi connectivity index (χ4n) is 0.673. The molecule has 0 spiro atoms. The number of hydrogen-bond acceptors (Lipinski definition) is 2. The number of rotatable bonds is 1. The predicted octanol–water partition coefficient (Wildman–Crippen LogP) is 1.66. The molecule has 0 saturated heterocycles. The number of aromatic nitrogens is 2. The zero-order valence-electron chi connectivity index (χ0n) is 11.7. The molecule has 1 heterocycles. The minimum absolute atomic E-state index is 0.219. The van der Waals surface area contributed by atoms with Crippen molar-refractivity contribution >= 4 is 0 Å². The van der Waals surface area contributed by atoms with Crippen molar-refractivity contribution < 1.29 is 8.22 Å². The summed E-state index contributed by atoms with van der Waals surface area (Å²) in [5.74, 6) is 0. The van der Waals surface area contributed by atoms with Crippen LogP contribution in [0.1, 0.15) is 32.2 Å². The average Bonchev–Trinajstić information content (AvgIpc) is 2.14. The van der Waals surface area contributed by atoms with Gasteiger partial charge in [-0.15, -0.1) is 0 Å². The lowest BCUT2D eigenvalue weighted by molar-refractivity contribution is 0.935. The summed E-state index contributed by atoms with van der Waals surface area (Å²) < 4.78 is 43.2. The van der Waals surface area contributed by atoms with Crippen LogP contribution in [0.25, 0.3) is 0 Å². The molecule has 0 aliphatic rings. The topological polar surface area (TPSA) is 25.8 Å². The highest BCUT2D eigenvalue weighted by Crippen LogP contribution is 2.01. The third kappa shape index (κ3) is 1.32. The monoisotopic (exact) mass is 142 g/mol. The zero-order chi connectivity index (χ0) is 12.6. The molecule has 54 valence electrons. The molecule has 0 aliphatic heterocycles. The lowest BCUT2D eigenvalue weighted by atomic mass is 10.2. The van der Waals surface area contributed by atoms with Crippen LogP contribution >= 0.6 is 0 Å². The summed E-state index contributed by atoms with van der Waals surface area (Å²) in [5.41, 5.74) is -0.188. The molecule has 0 N–H and O–H groups in total. The molecule has 2 heteroatoms. The van der Waals surface area contributed by atoms with Crippen molar-refractivity contribution in [2.45, 2.75) is 27.0 Å². The Labute approximate surface area is 69.8 Å². The summed E-state index contributed by atoms with van der Waals surface area (Å²) in [7, 11) is 0. The first-order chi connectivity index (χ1) is 7.16. The van der Waals surface area contributed by atoms with E-state index in [1.165, 1.54) is 0 Å². The van der Waals surface area contributed by atoms with Crippen molar-refractivity contribution in [3.63, 3.8) is 0 Å². The number of hydrogen-bond donors (Lipinski definition) is 0. The molecule has 0 saturated carbocycles. The zero-order valence-corrected chi connectivity index (χ0v) is 5.68. The van der Waals surface area contributed by atoms with Crippen LogP contribution in [0.2, 0.25) is 0 Å². The molecular formula is C8H12N2. The molecule has 10 heavy (non-hydrogen) atoms. The van der Waals surface area contributed by atoms with E-state index in [1.807, 2.05) is 0 Å². The molecular weight excluding hydrogens is 124 g/mol. The molecule has 1 rings (SSSR count). The maximum atomic E-state index is 7.27. The van der Waals surface area contributed by atoms with Gasteiger partial charge in [0.2, 0.25) is 0 Å². The molecule has 0 aliphatic carbocycles. The van der Waals surface area contributed by atoms with Gasteiger partial charge in [0.15, 0.2) is 0 Å². The largest absolute Gasteiger partial charge is 0.258 e. The Hall–Kier alpha value is -0.920. The van der Waals surface area contributed by atoms with Crippen LogP contribution < -0.4 is 0 Å². The van der Waals surface area contributed by atoms with E-state index in [1.54, 1.807) is 6.92 Å². The Morgan fingerprint density at radius 3 is 3.10 bits per heavy atom. The summed E-state index contributed by atoms with van der Waals surface area (Å²) in [6, 6.07) is 0. The first kappa shape index (κ1) is 2.61. The van der Waals surface area contributed by atoms with E-state index >= 15 is 0 Å². The van der Waals surface area contributed by atoms with Gasteiger partial charge in [-0.05, 0) is 20.1 Å². The average molecular weight is 142 g/mol. The minimum Gasteiger partial charge on any atom is -0.258 e. The van der Waals surface area contributed by atoms with Gasteiger partial charge in [0, 0.05) is 14.4 Å². The maximum absolute atomic E-state index is 7.27. The molecule has 0 aromatic carbocycles. The van der Waals surface area contributed by atoms with Gasteiger partial charge in [-0.3, -0.25) is 9.97 Å². The van der Waals surface area contributed by atoms with Crippen LogP contribution in [0.15, 0.2) is 6.20 Å². The van der Waals surface area contributed by atoms with Gasteiger partial charge in [-0.25, -0.2) is 0 Å². The SMILES string of the molecule is [2H]C([2H])([2H])c1cnc(CC)c(C([2H])([2H])[2H])n1. The third-order valence-electron chi connectivity index (χ3n) is 1.18. The van der Waals surface area contributed by atoms with Crippen molar-refractivity contribution in [3.05, 3.63) is 23.3 Å². The van der Waals surface area contributed by atoms with E-state index in [-0.39, 0.29) is 11.4 Å². The van der Waals surface area contributed by atoms with Crippen molar-refractivity contribution in [3.8, 4) is 0 Å². The molecule has 0 atom stereocenters. The number of aryl methyl sites for hydroxylation is 3. The van der Waals surface area contributed by atoms with Gasteiger partial charge in [-0.1, -0.05) is 6.92 Å². The van der Waals surface area contributed by atoms with Crippen molar-refractivity contribution in [1.82, 2.24) is 9.97 Å². The standard InChI is InChI=1S/C8H12N2/c1-4-8-7(3)10-6(2)5-9-8/h5H,4H2,1-3H3/i2D3,3D3. The molecule has 1 aromatic rings. The van der Waals surface area contributed by atoms with E-state index in [2.05, 4.69) is 9.97 Å². The molecule has 0 fully saturated rings. The van der Waals surface area contributed by atoms with Crippen molar-refractivity contribution in [1.29, 1.82) is 0 Å². The van der Waals surface area contributed by atoms with Crippen LogP contribution in [0, 0.1) is 13.7 Å². The Bertz CT molecular complexity index is 381. The summed E-state index contributed by atoms with van der Waals surface area (Å²) in [6.07, 6.45) is 1.52. The molecule has 0 amide bonds. The predicted molar refractivity (Wildman–Crippen MR) is 40.9 cm³/mol. The second kappa shape index (κ2) is 2.78. The second-order valence-electron chi connectivity index (χ2n) is 1.90. The highest BCUT2D eigenvalue weighted by atomic mass is 14.8. The van der Waals surface area contributed by atoms with Gasteiger partial charge >= 0.3 is 0 Å². The van der Waals surface area contributed by atoms with E-state index in [0.29, 0.717) is 12.1 Å². The van der Waals surface area contributed by atoms with E-state index in [9.17, 15) is 0 Å². The lowest BCUT2D eigenvalue weighted by Gasteiger charge is -1.99. The Morgan fingerprint density at radius 2 is 2.50 bits per heavy atom. The van der Waals surface area contributed by atoms with Gasteiger partial charge in [0.25, 0.3) is 0 Å². The van der Waals surface area contributed by atoms with Crippen LogP contribution in [-0.4, -0.2) is 9.97 Å². The first-order valence-electron chi connectivity index (χ1n) is 6.03. The lowest BCUT2D eigenvalue weighted by Crippen LogP contribution is -1.96. The Kier molecular flexibility index (Phi) is 0.724. The molecule has 1 aromatic heterocycles. The summed E-state index contributed by atoms with van der Waals surface area (Å²) in [5, 5.41) is 0. The molecule has 2 nitrogen and oxygen atoms in total. The van der Waals surface area contributed by atoms with Crippen LogP contribution in [0.4, 0.5) is 0 Å². The minimum atomic E-state index is -2.43. The molecule has 0 unspecified atom stereocenters. The van der Waals surface area contributed by atoms with Gasteiger partial charge < -0.3 is 0 Å². The fraction of sp³-hybridized carbons (Fsp3) is 0.500. The summed E-state index contributed by atoms with van der Waals surface area (Å²) in [6.45, 7) is -3.12. The Morgan fingerprint density at radius 1 is 1.60 bits per heavy atom. The van der Waals surface area contributed by atoms with Crippen LogP contribution in [0.5, 0.6) is 0 Å². The maximum Gasteiger partial charge on any atom is 0.0613 e. The van der Waals surface area contributed by atoms with Crippen LogP contribution in [-0.2, 0) is 6.42 Å². The normalized spacial score (nSPS) is 21.3. The Balaban J connectivity index is 3.34. The van der Waals surface area contributed by atoms with E-state index in [0.717, 1.165) is 6.20 Å². The first-order valence-corrected chi connectivity index (χ1v) is 3.03. The van der Waals surface area contributed by atoms with Crippen molar-refractivity contribution in [2.75, 3.05) is 0 Å². The highest BCUT2D eigenvalue weighted by Gasteiger charge is 1.96. The fourth-order valence-corrected chi connectivity index (χ4v) is 0.673. The summed E-state index contributed by atoms with van der Waals surface area (Å²) >= 11 is 0. The van der Waals surface area contributed by atoms with Crippen LogP contribution in [0.3, 0.4) is 0 Å². The van der Waals surface area contributed by atoms with Gasteiger partial charge in [-0.2, -0.15) is 0 Å². The molecule has 0 radical (unpaired) electrons. The van der Waals surface area contributed by atoms with E-state index < -0.39 is 13.7 Å². The quantitative estimate of drug-likeness (QED) is 0.596. The second-order valence-corrected chi connectivity index (χ2v) is 1.90. The number of nitrogens with zero attached hydrogens (tertiary/aromatic N) is 2. The molecule has 0 bridgehead atoms. The van der Waals surface area contributed by atoms with Crippen molar-refractivity contribution in [2.24, 2.45) is 0 Å². The van der Waals surface area contributed by atoms with E-state index in [4.69, 9.17) is 8.22 Å². The smallest absolute Gasteiger partial charge is 0.0613 e.